The highest BCUT2D eigenvalue weighted by Gasteiger charge is 2.02. The summed E-state index contributed by atoms with van der Waals surface area (Å²) in [5.74, 6) is 0.722. The lowest BCUT2D eigenvalue weighted by molar-refractivity contribution is 0.0933. The molecular formula is C16H18N2O2. The molecule has 2 N–H and O–H groups in total. The molecular weight excluding hydrogens is 252 g/mol. The van der Waals surface area contributed by atoms with Crippen molar-refractivity contribution in [3.8, 4) is 5.75 Å². The van der Waals surface area contributed by atoms with Gasteiger partial charge in [0.25, 0.3) is 5.91 Å². The Morgan fingerprint density at radius 1 is 1.05 bits per heavy atom. The molecule has 20 heavy (non-hydrogen) atoms. The summed E-state index contributed by atoms with van der Waals surface area (Å²) in [6.07, 6.45) is 0.832. The first-order valence-corrected chi connectivity index (χ1v) is 6.51. The maximum Gasteiger partial charge on any atom is 0.265 e. The molecule has 0 heterocycles. The molecule has 0 saturated heterocycles. The van der Waals surface area contributed by atoms with Gasteiger partial charge in [-0.15, -0.1) is 0 Å². The van der Waals surface area contributed by atoms with Gasteiger partial charge in [0.15, 0.2) is 0 Å². The molecule has 0 aromatic heterocycles. The van der Waals surface area contributed by atoms with Gasteiger partial charge in [-0.1, -0.05) is 30.3 Å². The van der Waals surface area contributed by atoms with Gasteiger partial charge in [0.2, 0.25) is 0 Å². The van der Waals surface area contributed by atoms with Gasteiger partial charge in [-0.05, 0) is 36.2 Å². The molecule has 0 fully saturated rings. The largest absolute Gasteiger partial charge is 0.497 e. The first-order chi connectivity index (χ1) is 9.79. The lowest BCUT2D eigenvalue weighted by atomic mass is 10.1. The Labute approximate surface area is 118 Å². The monoisotopic (exact) mass is 270 g/mol. The Morgan fingerprint density at radius 3 is 2.40 bits per heavy atom. The molecule has 0 radical (unpaired) electrons. The zero-order valence-electron chi connectivity index (χ0n) is 11.4. The number of ether oxygens (including phenoxy) is 1. The summed E-state index contributed by atoms with van der Waals surface area (Å²) in [6, 6.07) is 17.0. The van der Waals surface area contributed by atoms with E-state index in [1.54, 1.807) is 19.2 Å². The van der Waals surface area contributed by atoms with Crippen LogP contribution in [0.5, 0.6) is 5.75 Å². The van der Waals surface area contributed by atoms with Crippen LogP contribution in [0.1, 0.15) is 15.9 Å². The summed E-state index contributed by atoms with van der Waals surface area (Å²) in [5, 5.41) is 0. The number of methoxy groups -OCH3 is 1. The van der Waals surface area contributed by atoms with E-state index < -0.39 is 0 Å². The van der Waals surface area contributed by atoms with Crippen molar-refractivity contribution in [2.24, 2.45) is 0 Å². The van der Waals surface area contributed by atoms with Crippen molar-refractivity contribution in [2.45, 2.75) is 6.42 Å². The zero-order chi connectivity index (χ0) is 14.2. The number of carbonyl (C=O) groups excluding carboxylic acids is 1. The summed E-state index contributed by atoms with van der Waals surface area (Å²) in [4.78, 5) is 11.7. The molecule has 0 bridgehead atoms. The molecule has 0 aliphatic carbocycles. The lowest BCUT2D eigenvalue weighted by Gasteiger charge is -2.07. The van der Waals surface area contributed by atoms with Crippen LogP contribution >= 0.6 is 0 Å². The number of amides is 1. The van der Waals surface area contributed by atoms with Gasteiger partial charge in [-0.2, -0.15) is 0 Å². The fourth-order valence-electron chi connectivity index (χ4n) is 1.80. The minimum Gasteiger partial charge on any atom is -0.497 e. The second-order valence-corrected chi connectivity index (χ2v) is 4.35. The Balaban J connectivity index is 1.72. The van der Waals surface area contributed by atoms with Crippen LogP contribution in [0.3, 0.4) is 0 Å². The number of hydrogen-bond donors (Lipinski definition) is 2. The topological polar surface area (TPSA) is 50.4 Å². The zero-order valence-corrected chi connectivity index (χ0v) is 11.4. The normalized spacial score (nSPS) is 10.1. The number of hydrogen-bond acceptors (Lipinski definition) is 3. The maximum absolute atomic E-state index is 11.7. The van der Waals surface area contributed by atoms with Crippen molar-refractivity contribution in [1.82, 2.24) is 10.9 Å². The second-order valence-electron chi connectivity index (χ2n) is 4.35. The number of benzene rings is 2. The number of rotatable bonds is 6. The van der Waals surface area contributed by atoms with Gasteiger partial charge < -0.3 is 4.74 Å². The minimum atomic E-state index is -0.125. The summed E-state index contributed by atoms with van der Waals surface area (Å²) in [5.41, 5.74) is 7.44. The molecule has 0 spiro atoms. The van der Waals surface area contributed by atoms with Crippen LogP contribution in [0.2, 0.25) is 0 Å². The summed E-state index contributed by atoms with van der Waals surface area (Å²) in [6.45, 7) is 0.672. The number of hydrazine groups is 1. The molecule has 0 saturated carbocycles. The molecule has 0 aliphatic heterocycles. The molecule has 0 atom stereocenters. The minimum absolute atomic E-state index is 0.125. The average molecular weight is 270 g/mol. The van der Waals surface area contributed by atoms with Gasteiger partial charge in [0, 0.05) is 12.1 Å². The van der Waals surface area contributed by atoms with Gasteiger partial charge in [0.1, 0.15) is 5.75 Å². The highest BCUT2D eigenvalue weighted by Crippen LogP contribution is 2.11. The van der Waals surface area contributed by atoms with Crippen molar-refractivity contribution >= 4 is 5.91 Å². The Morgan fingerprint density at radius 2 is 1.75 bits per heavy atom. The molecule has 2 rings (SSSR count). The summed E-state index contributed by atoms with van der Waals surface area (Å²) in [7, 11) is 1.65. The van der Waals surface area contributed by atoms with Crippen LogP contribution in [0.25, 0.3) is 0 Å². The van der Waals surface area contributed by atoms with Crippen LogP contribution in [0.4, 0.5) is 0 Å². The molecule has 0 aliphatic rings. The highest BCUT2D eigenvalue weighted by molar-refractivity contribution is 5.93. The summed E-state index contributed by atoms with van der Waals surface area (Å²) >= 11 is 0. The van der Waals surface area contributed by atoms with E-state index in [1.165, 1.54) is 5.56 Å². The summed E-state index contributed by atoms with van der Waals surface area (Å²) < 4.78 is 5.10. The molecule has 1 amide bonds. The smallest absolute Gasteiger partial charge is 0.265 e. The third kappa shape index (κ3) is 4.10. The molecule has 2 aromatic carbocycles. The third-order valence-corrected chi connectivity index (χ3v) is 2.94. The maximum atomic E-state index is 11.7. The number of carbonyl (C=O) groups is 1. The van der Waals surface area contributed by atoms with E-state index in [2.05, 4.69) is 10.9 Å². The van der Waals surface area contributed by atoms with Crippen molar-refractivity contribution in [3.63, 3.8) is 0 Å². The second kappa shape index (κ2) is 7.31. The molecule has 104 valence electrons. The van der Waals surface area contributed by atoms with Crippen molar-refractivity contribution in [2.75, 3.05) is 13.7 Å². The van der Waals surface area contributed by atoms with E-state index in [9.17, 15) is 4.79 Å². The van der Waals surface area contributed by atoms with Crippen LogP contribution in [-0.2, 0) is 6.42 Å². The molecule has 4 heteroatoms. The van der Waals surface area contributed by atoms with Crippen LogP contribution in [0, 0.1) is 0 Å². The van der Waals surface area contributed by atoms with E-state index in [-0.39, 0.29) is 5.91 Å². The van der Waals surface area contributed by atoms with E-state index in [0.29, 0.717) is 12.1 Å². The van der Waals surface area contributed by atoms with E-state index >= 15 is 0 Å². The quantitative estimate of drug-likeness (QED) is 0.625. The fraction of sp³-hybridized carbons (Fsp3) is 0.188. The Bertz CT molecular complexity index is 538. The number of nitrogens with one attached hydrogen (secondary N) is 2. The average Bonchev–Trinajstić information content (AvgIpc) is 2.53. The van der Waals surface area contributed by atoms with Gasteiger partial charge in [-0.3, -0.25) is 10.2 Å². The standard InChI is InChI=1S/C16H18N2O2/c1-20-15-9-7-13(8-10-15)11-12-17-18-16(19)14-5-3-2-4-6-14/h2-10,17H,11-12H2,1H3,(H,18,19). The van der Waals surface area contributed by atoms with E-state index in [1.807, 2.05) is 42.5 Å². The fourth-order valence-corrected chi connectivity index (χ4v) is 1.80. The van der Waals surface area contributed by atoms with Crippen molar-refractivity contribution in [1.29, 1.82) is 0 Å². The lowest BCUT2D eigenvalue weighted by Crippen LogP contribution is -2.38. The van der Waals surface area contributed by atoms with E-state index in [4.69, 9.17) is 4.74 Å². The predicted molar refractivity (Wildman–Crippen MR) is 78.6 cm³/mol. The Hall–Kier alpha value is -2.33. The third-order valence-electron chi connectivity index (χ3n) is 2.94. The molecule has 2 aromatic rings. The van der Waals surface area contributed by atoms with Crippen LogP contribution < -0.4 is 15.6 Å². The van der Waals surface area contributed by atoms with Gasteiger partial charge >= 0.3 is 0 Å². The van der Waals surface area contributed by atoms with Crippen LogP contribution in [-0.4, -0.2) is 19.6 Å². The molecule has 4 nitrogen and oxygen atoms in total. The SMILES string of the molecule is COc1ccc(CCNNC(=O)c2ccccc2)cc1. The van der Waals surface area contributed by atoms with Crippen molar-refractivity contribution in [3.05, 3.63) is 65.7 Å². The van der Waals surface area contributed by atoms with E-state index in [0.717, 1.165) is 12.2 Å². The van der Waals surface area contributed by atoms with Crippen LogP contribution in [0.15, 0.2) is 54.6 Å². The first kappa shape index (κ1) is 14.1. The predicted octanol–water partition coefficient (Wildman–Crippen LogP) is 2.17. The van der Waals surface area contributed by atoms with Gasteiger partial charge in [0.05, 0.1) is 7.11 Å². The van der Waals surface area contributed by atoms with Gasteiger partial charge in [-0.25, -0.2) is 5.43 Å². The highest BCUT2D eigenvalue weighted by atomic mass is 16.5. The molecule has 0 unspecified atom stereocenters. The van der Waals surface area contributed by atoms with Crippen molar-refractivity contribution < 1.29 is 9.53 Å². The first-order valence-electron chi connectivity index (χ1n) is 6.51. The Kier molecular flexibility index (Phi) is 5.15.